The molecule has 53 valence electrons. The smallest absolute Gasteiger partial charge is 0.106 e. The average molecular weight is 279 g/mol. The molecule has 1 aromatic carbocycles. The molecule has 3 heteroatoms. The van der Waals surface area contributed by atoms with Crippen molar-refractivity contribution in [1.29, 1.82) is 0 Å². The molecule has 0 saturated carbocycles. The van der Waals surface area contributed by atoms with Crippen LogP contribution in [-0.2, 0) is 0 Å². The van der Waals surface area contributed by atoms with Crippen LogP contribution < -0.4 is 5.19 Å². The maximum Gasteiger partial charge on any atom is 0.249 e. The maximum absolute atomic E-state index is 3.55. The molecule has 0 aromatic heterocycles. The Morgan fingerprint density at radius 1 is 1.20 bits per heavy atom. The summed E-state index contributed by atoms with van der Waals surface area (Å²) in [4.78, 5) is 0. The third-order valence-electron chi connectivity index (χ3n) is 1.35. The van der Waals surface area contributed by atoms with Gasteiger partial charge < -0.3 is 0 Å². The van der Waals surface area contributed by atoms with Crippen LogP contribution >= 0.6 is 30.6 Å². The molecule has 0 aliphatic heterocycles. The van der Waals surface area contributed by atoms with Gasteiger partial charge in [-0.25, -0.2) is 0 Å². The summed E-state index contributed by atoms with van der Waals surface area (Å²) in [5.41, 5.74) is 1.35. The predicted molar refractivity (Wildman–Crippen MR) is 54.4 cm³/mol. The normalized spacial score (nSPS) is 10.4. The summed E-state index contributed by atoms with van der Waals surface area (Å²) in [6.07, 6.45) is 0. The standard InChI is InChI=1S/C7H7Br2Si/c1-6-4-2-3-5-7(6)10(8)9/h2-5H,1H3. The van der Waals surface area contributed by atoms with E-state index in [-0.39, 0.29) is 0 Å². The van der Waals surface area contributed by atoms with E-state index in [2.05, 4.69) is 61.8 Å². The van der Waals surface area contributed by atoms with Crippen LogP contribution in [0.2, 0.25) is 0 Å². The zero-order valence-corrected chi connectivity index (χ0v) is 9.74. The molecule has 0 fully saturated rings. The van der Waals surface area contributed by atoms with E-state index in [1.165, 1.54) is 10.8 Å². The topological polar surface area (TPSA) is 0 Å². The van der Waals surface area contributed by atoms with E-state index in [0.717, 1.165) is 0 Å². The fourth-order valence-corrected chi connectivity index (χ4v) is 4.06. The van der Waals surface area contributed by atoms with Crippen molar-refractivity contribution >= 4 is 41.8 Å². The Kier molecular flexibility index (Phi) is 3.14. The molecule has 0 aliphatic rings. The van der Waals surface area contributed by atoms with Gasteiger partial charge in [0.2, 0.25) is 6.04 Å². The van der Waals surface area contributed by atoms with E-state index < -0.39 is 6.04 Å². The molecular formula is C7H7Br2Si. The molecule has 0 N–H and O–H groups in total. The summed E-state index contributed by atoms with van der Waals surface area (Å²) in [5, 5.41) is 1.40. The second kappa shape index (κ2) is 3.69. The number of aryl methyl sites for hydroxylation is 1. The average Bonchev–Trinajstić information content (AvgIpc) is 1.88. The lowest BCUT2D eigenvalue weighted by atomic mass is 10.2. The molecule has 0 heterocycles. The molecule has 0 bridgehead atoms. The van der Waals surface area contributed by atoms with Crippen molar-refractivity contribution in [2.24, 2.45) is 0 Å². The summed E-state index contributed by atoms with van der Waals surface area (Å²) >= 11 is 7.10. The van der Waals surface area contributed by atoms with E-state index in [9.17, 15) is 0 Å². The highest BCUT2D eigenvalue weighted by Crippen LogP contribution is 2.05. The van der Waals surface area contributed by atoms with Crippen molar-refractivity contribution in [3.05, 3.63) is 29.8 Å². The van der Waals surface area contributed by atoms with E-state index in [4.69, 9.17) is 0 Å². The van der Waals surface area contributed by atoms with Gasteiger partial charge in [0.15, 0.2) is 0 Å². The predicted octanol–water partition coefficient (Wildman–Crippen LogP) is 2.48. The van der Waals surface area contributed by atoms with Gasteiger partial charge in [-0.2, -0.15) is 0 Å². The molecular weight excluding hydrogens is 272 g/mol. The van der Waals surface area contributed by atoms with Gasteiger partial charge in [-0.05, 0) is 12.1 Å². The summed E-state index contributed by atoms with van der Waals surface area (Å²) in [6, 6.07) is 7.78. The van der Waals surface area contributed by atoms with Gasteiger partial charge in [-0.15, -0.1) is 30.6 Å². The van der Waals surface area contributed by atoms with Crippen LogP contribution in [-0.4, -0.2) is 6.04 Å². The van der Waals surface area contributed by atoms with E-state index in [1.807, 2.05) is 0 Å². The first kappa shape index (κ1) is 8.49. The fraction of sp³-hybridized carbons (Fsp3) is 0.143. The minimum absolute atomic E-state index is 0.617. The molecule has 0 spiro atoms. The quantitative estimate of drug-likeness (QED) is 0.547. The Bertz CT molecular complexity index is 223. The largest absolute Gasteiger partial charge is 0.249 e. The van der Waals surface area contributed by atoms with Crippen molar-refractivity contribution in [2.75, 3.05) is 0 Å². The van der Waals surface area contributed by atoms with Gasteiger partial charge in [-0.1, -0.05) is 29.8 Å². The zero-order chi connectivity index (χ0) is 7.56. The van der Waals surface area contributed by atoms with Crippen molar-refractivity contribution in [2.45, 2.75) is 6.92 Å². The van der Waals surface area contributed by atoms with Crippen LogP contribution in [0.3, 0.4) is 0 Å². The first-order chi connectivity index (χ1) is 4.72. The van der Waals surface area contributed by atoms with Gasteiger partial charge in [0, 0.05) is 0 Å². The second-order valence-corrected chi connectivity index (χ2v) is 11.1. The van der Waals surface area contributed by atoms with E-state index >= 15 is 0 Å². The fourth-order valence-electron chi connectivity index (χ4n) is 0.785. The lowest BCUT2D eigenvalue weighted by molar-refractivity contribution is 1.52. The molecule has 1 radical (unpaired) electrons. The maximum atomic E-state index is 3.55. The van der Waals surface area contributed by atoms with Crippen LogP contribution in [0.15, 0.2) is 24.3 Å². The Hall–Kier alpha value is 0.397. The van der Waals surface area contributed by atoms with Gasteiger partial charge in [0.25, 0.3) is 0 Å². The Labute approximate surface area is 78.4 Å². The van der Waals surface area contributed by atoms with E-state index in [0.29, 0.717) is 0 Å². The van der Waals surface area contributed by atoms with Crippen molar-refractivity contribution < 1.29 is 0 Å². The summed E-state index contributed by atoms with van der Waals surface area (Å²) in [6.45, 7) is 2.13. The molecule has 0 atom stereocenters. The minimum atomic E-state index is -0.617. The number of rotatable bonds is 1. The van der Waals surface area contributed by atoms with Crippen LogP contribution in [0.1, 0.15) is 5.56 Å². The van der Waals surface area contributed by atoms with Crippen molar-refractivity contribution in [3.63, 3.8) is 0 Å². The zero-order valence-electron chi connectivity index (χ0n) is 5.57. The molecule has 10 heavy (non-hydrogen) atoms. The van der Waals surface area contributed by atoms with Crippen LogP contribution in [0.25, 0.3) is 0 Å². The summed E-state index contributed by atoms with van der Waals surface area (Å²) in [7, 11) is 0. The number of benzene rings is 1. The lowest BCUT2D eigenvalue weighted by Gasteiger charge is -2.02. The summed E-state index contributed by atoms with van der Waals surface area (Å²) in [5.74, 6) is 0. The van der Waals surface area contributed by atoms with Gasteiger partial charge in [0.05, 0.1) is 0 Å². The monoisotopic (exact) mass is 277 g/mol. The number of halogens is 2. The first-order valence-electron chi connectivity index (χ1n) is 2.96. The molecule has 0 aliphatic carbocycles. The van der Waals surface area contributed by atoms with Gasteiger partial charge >= 0.3 is 0 Å². The minimum Gasteiger partial charge on any atom is -0.106 e. The van der Waals surface area contributed by atoms with Crippen LogP contribution in [0.5, 0.6) is 0 Å². The van der Waals surface area contributed by atoms with Crippen LogP contribution in [0.4, 0.5) is 0 Å². The van der Waals surface area contributed by atoms with Crippen LogP contribution in [0, 0.1) is 6.92 Å². The Balaban J connectivity index is 3.03. The molecule has 1 aromatic rings. The highest BCUT2D eigenvalue weighted by Gasteiger charge is 2.06. The highest BCUT2D eigenvalue weighted by molar-refractivity contribution is 9.49. The van der Waals surface area contributed by atoms with E-state index in [1.54, 1.807) is 0 Å². The first-order valence-corrected chi connectivity index (χ1v) is 8.97. The Morgan fingerprint density at radius 2 is 1.80 bits per heavy atom. The van der Waals surface area contributed by atoms with Crippen molar-refractivity contribution in [3.8, 4) is 0 Å². The molecule has 1 rings (SSSR count). The Morgan fingerprint density at radius 3 is 2.20 bits per heavy atom. The highest BCUT2D eigenvalue weighted by atomic mass is 79.9. The van der Waals surface area contributed by atoms with Gasteiger partial charge in [0.1, 0.15) is 0 Å². The molecule has 0 amide bonds. The third kappa shape index (κ3) is 1.94. The molecule has 0 unspecified atom stereocenters. The number of hydrogen-bond donors (Lipinski definition) is 0. The lowest BCUT2D eigenvalue weighted by Crippen LogP contribution is -2.19. The van der Waals surface area contributed by atoms with Gasteiger partial charge in [-0.3, -0.25) is 0 Å². The summed E-state index contributed by atoms with van der Waals surface area (Å²) < 4.78 is 0. The molecule has 0 saturated heterocycles. The number of hydrogen-bond acceptors (Lipinski definition) is 0. The van der Waals surface area contributed by atoms with Crippen molar-refractivity contribution in [1.82, 2.24) is 0 Å². The molecule has 0 nitrogen and oxygen atoms in total. The second-order valence-electron chi connectivity index (χ2n) is 2.08. The SMILES string of the molecule is Cc1ccccc1[Si](Br)Br. The third-order valence-corrected chi connectivity index (χ3v) is 4.88.